The topological polar surface area (TPSA) is 17.1 Å². The fraction of sp³-hybridized carbons (Fsp3) is 0.250. The molecule has 0 heterocycles. The molecule has 0 N–H and O–H groups in total. The van der Waals surface area contributed by atoms with Crippen LogP contribution in [-0.2, 0) is 14.1 Å². The largest absolute Gasteiger partial charge is 0.157 e. The molecule has 0 aliphatic carbocycles. The Morgan fingerprint density at radius 2 is 1.64 bits per heavy atom. The maximum atomic E-state index is 11.5. The summed E-state index contributed by atoms with van der Waals surface area (Å²) in [7, 11) is -1.80. The summed E-state index contributed by atoms with van der Waals surface area (Å²) in [5.41, 5.74) is 0. The number of thiol groups is 1. The van der Waals surface area contributed by atoms with E-state index in [1.54, 1.807) is 12.5 Å². The average Bonchev–Trinajstić information content (AvgIpc) is 1.86. The summed E-state index contributed by atoms with van der Waals surface area (Å²) in [6.07, 6.45) is 3.47. The highest BCUT2D eigenvalue weighted by molar-refractivity contribution is 8.01. The van der Waals surface area contributed by atoms with Crippen molar-refractivity contribution in [2.24, 2.45) is 0 Å². The van der Waals surface area contributed by atoms with Gasteiger partial charge in [0.25, 0.3) is 0 Å². The van der Waals surface area contributed by atoms with Crippen molar-refractivity contribution < 1.29 is 4.21 Å². The van der Waals surface area contributed by atoms with Gasteiger partial charge in [-0.25, -0.2) is 0 Å². The van der Waals surface area contributed by atoms with Crippen LogP contribution in [0.4, 0.5) is 0 Å². The maximum Gasteiger partial charge on any atom is 0.157 e. The minimum Gasteiger partial charge on any atom is -0.143 e. The fourth-order valence-corrected chi connectivity index (χ4v) is 1.71. The molecule has 0 saturated heterocycles. The number of rotatable bonds is 1. The molecule has 0 radical (unpaired) electrons. The lowest BCUT2D eigenvalue weighted by atomic mass is 10.4. The molecule has 0 fully saturated rings. The number of benzene rings is 1. The van der Waals surface area contributed by atoms with Crippen LogP contribution in [0.15, 0.2) is 34.1 Å². The van der Waals surface area contributed by atoms with E-state index in [-0.39, 0.29) is 0 Å². The standard InChI is InChI=1S/C8H10OS2/c1-11(2,9)8-5-3-7(10)4-6-8/h3-6H,1-2H3/p+1. The highest BCUT2D eigenvalue weighted by Crippen LogP contribution is 2.15. The molecule has 3 heteroatoms. The second-order valence-corrected chi connectivity index (χ2v) is 6.18. The first-order valence-corrected chi connectivity index (χ1v) is 6.05. The minimum atomic E-state index is -1.80. The van der Waals surface area contributed by atoms with Gasteiger partial charge in [-0.15, -0.1) is 16.8 Å². The number of hydrogen-bond donors (Lipinski definition) is 1. The van der Waals surface area contributed by atoms with Crippen molar-refractivity contribution in [3.8, 4) is 0 Å². The zero-order valence-corrected chi connectivity index (χ0v) is 8.28. The Morgan fingerprint density at radius 3 is 2.00 bits per heavy atom. The molecule has 1 aromatic carbocycles. The molecule has 0 saturated carbocycles. The van der Waals surface area contributed by atoms with Gasteiger partial charge in [-0.3, -0.25) is 0 Å². The summed E-state index contributed by atoms with van der Waals surface area (Å²) in [5, 5.41) is 0. The number of hydrogen-bond acceptors (Lipinski definition) is 2. The van der Waals surface area contributed by atoms with E-state index in [0.29, 0.717) is 0 Å². The van der Waals surface area contributed by atoms with Gasteiger partial charge in [0.2, 0.25) is 0 Å². The molecule has 1 rings (SSSR count). The Balaban J connectivity index is 3.09. The fourth-order valence-electron chi connectivity index (χ4n) is 0.774. The van der Waals surface area contributed by atoms with Gasteiger partial charge in [0.15, 0.2) is 4.90 Å². The summed E-state index contributed by atoms with van der Waals surface area (Å²) in [6.45, 7) is 0. The molecular weight excluding hydrogens is 176 g/mol. The Morgan fingerprint density at radius 1 is 1.18 bits per heavy atom. The summed E-state index contributed by atoms with van der Waals surface area (Å²) >= 11 is 4.13. The Kier molecular flexibility index (Phi) is 2.40. The Hall–Kier alpha value is -0.280. The third-order valence-corrected chi connectivity index (χ3v) is 3.11. The van der Waals surface area contributed by atoms with E-state index in [9.17, 15) is 4.21 Å². The van der Waals surface area contributed by atoms with Gasteiger partial charge in [0.1, 0.15) is 22.4 Å². The molecule has 11 heavy (non-hydrogen) atoms. The smallest absolute Gasteiger partial charge is 0.143 e. The predicted molar refractivity (Wildman–Crippen MR) is 51.9 cm³/mol. The Labute approximate surface area is 73.7 Å². The van der Waals surface area contributed by atoms with Gasteiger partial charge in [0.05, 0.1) is 0 Å². The molecule has 0 amide bonds. The molecule has 1 aromatic rings. The van der Waals surface area contributed by atoms with E-state index in [1.165, 1.54) is 0 Å². The average molecular weight is 187 g/mol. The van der Waals surface area contributed by atoms with Crippen molar-refractivity contribution in [1.82, 2.24) is 0 Å². The van der Waals surface area contributed by atoms with Crippen LogP contribution in [0.25, 0.3) is 0 Å². The van der Waals surface area contributed by atoms with Crippen LogP contribution in [0.5, 0.6) is 0 Å². The van der Waals surface area contributed by atoms with Crippen LogP contribution in [0, 0.1) is 0 Å². The third-order valence-electron chi connectivity index (χ3n) is 1.40. The first kappa shape index (κ1) is 8.81. The predicted octanol–water partition coefficient (Wildman–Crippen LogP) is 2.09. The molecule has 1 nitrogen and oxygen atoms in total. The van der Waals surface area contributed by atoms with Gasteiger partial charge in [-0.05, 0) is 24.3 Å². The summed E-state index contributed by atoms with van der Waals surface area (Å²) in [4.78, 5) is 1.78. The van der Waals surface area contributed by atoms with E-state index in [4.69, 9.17) is 0 Å². The molecule has 0 aliphatic heterocycles. The zero-order chi connectivity index (χ0) is 8.48. The molecule has 0 aliphatic rings. The van der Waals surface area contributed by atoms with E-state index in [2.05, 4.69) is 12.6 Å². The SMILES string of the molecule is C[S+](C)(=O)c1ccc(S)cc1. The summed E-state index contributed by atoms with van der Waals surface area (Å²) in [5.74, 6) is 0. The van der Waals surface area contributed by atoms with Crippen LogP contribution < -0.4 is 0 Å². The monoisotopic (exact) mass is 187 g/mol. The van der Waals surface area contributed by atoms with Gasteiger partial charge in [-0.1, -0.05) is 0 Å². The second-order valence-electron chi connectivity index (χ2n) is 2.73. The van der Waals surface area contributed by atoms with Gasteiger partial charge >= 0.3 is 0 Å². The molecule has 60 valence electrons. The third kappa shape index (κ3) is 2.34. The molecule has 0 bridgehead atoms. The van der Waals surface area contributed by atoms with Crippen molar-refractivity contribution in [2.75, 3.05) is 12.5 Å². The van der Waals surface area contributed by atoms with Crippen molar-refractivity contribution in [3.63, 3.8) is 0 Å². The maximum absolute atomic E-state index is 11.5. The lowest BCUT2D eigenvalue weighted by Gasteiger charge is -1.99. The van der Waals surface area contributed by atoms with E-state index < -0.39 is 9.93 Å². The molecular formula is C8H11OS2+. The van der Waals surface area contributed by atoms with Crippen molar-refractivity contribution in [2.45, 2.75) is 9.79 Å². The van der Waals surface area contributed by atoms with E-state index >= 15 is 0 Å². The highest BCUT2D eigenvalue weighted by Gasteiger charge is 2.15. The summed E-state index contributed by atoms with van der Waals surface area (Å²) in [6, 6.07) is 7.41. The highest BCUT2D eigenvalue weighted by atomic mass is 32.2. The van der Waals surface area contributed by atoms with Crippen LogP contribution >= 0.6 is 12.6 Å². The van der Waals surface area contributed by atoms with Gasteiger partial charge in [0, 0.05) is 4.90 Å². The van der Waals surface area contributed by atoms with Crippen molar-refractivity contribution in [1.29, 1.82) is 0 Å². The zero-order valence-electron chi connectivity index (χ0n) is 6.57. The lowest BCUT2D eigenvalue weighted by molar-refractivity contribution is 0.591. The first-order valence-electron chi connectivity index (χ1n) is 3.23. The van der Waals surface area contributed by atoms with Crippen LogP contribution in [0.2, 0.25) is 0 Å². The molecule has 0 aromatic heterocycles. The van der Waals surface area contributed by atoms with Crippen molar-refractivity contribution >= 4 is 22.6 Å². The minimum absolute atomic E-state index is 0.885. The molecule has 0 atom stereocenters. The Bertz CT molecular complexity index is 283. The first-order chi connectivity index (χ1) is 5.00. The second kappa shape index (κ2) is 2.99. The summed E-state index contributed by atoms with van der Waals surface area (Å²) < 4.78 is 11.5. The molecule has 0 spiro atoms. The van der Waals surface area contributed by atoms with Crippen LogP contribution in [0.1, 0.15) is 0 Å². The lowest BCUT2D eigenvalue weighted by Crippen LogP contribution is -2.04. The quantitative estimate of drug-likeness (QED) is 0.526. The molecule has 0 unspecified atom stereocenters. The van der Waals surface area contributed by atoms with E-state index in [1.807, 2.05) is 24.3 Å². The van der Waals surface area contributed by atoms with Crippen molar-refractivity contribution in [3.05, 3.63) is 24.3 Å². The van der Waals surface area contributed by atoms with Crippen LogP contribution in [0.3, 0.4) is 0 Å². The van der Waals surface area contributed by atoms with Gasteiger partial charge in [-0.2, -0.15) is 0 Å². The van der Waals surface area contributed by atoms with Crippen LogP contribution in [-0.4, -0.2) is 12.5 Å². The van der Waals surface area contributed by atoms with Gasteiger partial charge < -0.3 is 0 Å². The normalized spacial score (nSPS) is 11.5. The van der Waals surface area contributed by atoms with E-state index in [0.717, 1.165) is 9.79 Å².